The Hall–Kier alpha value is -1.95. The first kappa shape index (κ1) is 17.1. The van der Waals surface area contributed by atoms with Gasteiger partial charge in [0.25, 0.3) is 5.69 Å². The lowest BCUT2D eigenvalue weighted by Gasteiger charge is -2.06. The van der Waals surface area contributed by atoms with Crippen molar-refractivity contribution >= 4 is 11.5 Å². The standard InChI is InChI=1S/C15H21NO5/c1-2-3-4-5-14(17)12-20-10-11-21-15-8-6-13(7-9-15)16(18)19/h6-9H,2-5,10-12H2,1H3. The minimum atomic E-state index is -0.461. The number of nitro groups is 1. The van der Waals surface area contributed by atoms with E-state index in [4.69, 9.17) is 9.47 Å². The summed E-state index contributed by atoms with van der Waals surface area (Å²) in [6, 6.07) is 5.84. The van der Waals surface area contributed by atoms with E-state index in [1.807, 2.05) is 0 Å². The molecule has 0 amide bonds. The Bertz CT molecular complexity index is 444. The Morgan fingerprint density at radius 3 is 2.52 bits per heavy atom. The van der Waals surface area contributed by atoms with E-state index >= 15 is 0 Å². The highest BCUT2D eigenvalue weighted by atomic mass is 16.6. The van der Waals surface area contributed by atoms with Crippen LogP contribution in [0.5, 0.6) is 5.75 Å². The third-order valence-electron chi connectivity index (χ3n) is 2.87. The number of unbranched alkanes of at least 4 members (excludes halogenated alkanes) is 2. The van der Waals surface area contributed by atoms with Crippen molar-refractivity contribution in [3.05, 3.63) is 34.4 Å². The average molecular weight is 295 g/mol. The first-order valence-electron chi connectivity index (χ1n) is 7.10. The minimum Gasteiger partial charge on any atom is -0.491 e. The van der Waals surface area contributed by atoms with Gasteiger partial charge in [-0.1, -0.05) is 19.8 Å². The maximum absolute atomic E-state index is 11.4. The lowest BCUT2D eigenvalue weighted by Crippen LogP contribution is -2.13. The predicted molar refractivity (Wildman–Crippen MR) is 78.6 cm³/mol. The molecule has 6 heteroatoms. The zero-order chi connectivity index (χ0) is 15.5. The zero-order valence-electron chi connectivity index (χ0n) is 12.2. The van der Waals surface area contributed by atoms with E-state index in [1.54, 1.807) is 0 Å². The fourth-order valence-corrected chi connectivity index (χ4v) is 1.71. The highest BCUT2D eigenvalue weighted by molar-refractivity contribution is 5.79. The van der Waals surface area contributed by atoms with Gasteiger partial charge in [0.05, 0.1) is 11.5 Å². The van der Waals surface area contributed by atoms with Gasteiger partial charge >= 0.3 is 0 Å². The summed E-state index contributed by atoms with van der Waals surface area (Å²) >= 11 is 0. The molecule has 0 aromatic heterocycles. The first-order valence-corrected chi connectivity index (χ1v) is 7.10. The number of hydrogen-bond acceptors (Lipinski definition) is 5. The van der Waals surface area contributed by atoms with Crippen LogP contribution in [-0.2, 0) is 9.53 Å². The fourth-order valence-electron chi connectivity index (χ4n) is 1.71. The number of carbonyl (C=O) groups excluding carboxylic acids is 1. The molecule has 6 nitrogen and oxygen atoms in total. The van der Waals surface area contributed by atoms with Crippen LogP contribution < -0.4 is 4.74 Å². The Labute approximate surface area is 124 Å². The van der Waals surface area contributed by atoms with Crippen molar-refractivity contribution in [2.45, 2.75) is 32.6 Å². The average Bonchev–Trinajstić information content (AvgIpc) is 2.47. The van der Waals surface area contributed by atoms with Gasteiger partial charge in [-0.05, 0) is 18.6 Å². The third-order valence-corrected chi connectivity index (χ3v) is 2.87. The first-order chi connectivity index (χ1) is 10.1. The van der Waals surface area contributed by atoms with Crippen molar-refractivity contribution < 1.29 is 19.2 Å². The number of ketones is 1. The van der Waals surface area contributed by atoms with E-state index < -0.39 is 4.92 Å². The number of benzene rings is 1. The van der Waals surface area contributed by atoms with Crippen molar-refractivity contribution in [1.29, 1.82) is 0 Å². The van der Waals surface area contributed by atoms with Gasteiger partial charge in [0.15, 0.2) is 5.78 Å². The van der Waals surface area contributed by atoms with Crippen molar-refractivity contribution in [3.8, 4) is 5.75 Å². The molecule has 0 aliphatic carbocycles. The molecule has 0 atom stereocenters. The van der Waals surface area contributed by atoms with Crippen LogP contribution in [0.2, 0.25) is 0 Å². The summed E-state index contributed by atoms with van der Waals surface area (Å²) in [6.07, 6.45) is 3.64. The monoisotopic (exact) mass is 295 g/mol. The molecule has 0 bridgehead atoms. The molecule has 0 unspecified atom stereocenters. The van der Waals surface area contributed by atoms with E-state index in [2.05, 4.69) is 6.92 Å². The SMILES string of the molecule is CCCCCC(=O)COCCOc1ccc([N+](=O)[O-])cc1. The van der Waals surface area contributed by atoms with Gasteiger partial charge in [-0.2, -0.15) is 0 Å². The van der Waals surface area contributed by atoms with E-state index in [0.29, 0.717) is 25.4 Å². The molecule has 0 fully saturated rings. The molecule has 0 saturated carbocycles. The summed E-state index contributed by atoms with van der Waals surface area (Å²) < 4.78 is 10.6. The van der Waals surface area contributed by atoms with Gasteiger partial charge < -0.3 is 9.47 Å². The van der Waals surface area contributed by atoms with Crippen molar-refractivity contribution in [3.63, 3.8) is 0 Å². The Morgan fingerprint density at radius 1 is 1.19 bits per heavy atom. The van der Waals surface area contributed by atoms with E-state index in [0.717, 1.165) is 19.3 Å². The quantitative estimate of drug-likeness (QED) is 0.356. The number of nitro benzene ring substituents is 1. The summed E-state index contributed by atoms with van der Waals surface area (Å²) in [5.74, 6) is 0.650. The highest BCUT2D eigenvalue weighted by Crippen LogP contribution is 2.17. The second-order valence-electron chi connectivity index (χ2n) is 4.65. The van der Waals surface area contributed by atoms with Gasteiger partial charge in [0.1, 0.15) is 19.0 Å². The maximum Gasteiger partial charge on any atom is 0.269 e. The molecule has 1 aromatic rings. The smallest absolute Gasteiger partial charge is 0.269 e. The second kappa shape index (κ2) is 9.88. The number of non-ortho nitro benzene ring substituents is 1. The fraction of sp³-hybridized carbons (Fsp3) is 0.533. The van der Waals surface area contributed by atoms with Gasteiger partial charge in [-0.15, -0.1) is 0 Å². The van der Waals surface area contributed by atoms with Crippen LogP contribution in [0, 0.1) is 10.1 Å². The lowest BCUT2D eigenvalue weighted by atomic mass is 10.1. The van der Waals surface area contributed by atoms with Crippen molar-refractivity contribution in [2.75, 3.05) is 19.8 Å². The van der Waals surface area contributed by atoms with Gasteiger partial charge in [0.2, 0.25) is 0 Å². The van der Waals surface area contributed by atoms with Crippen LogP contribution in [0.1, 0.15) is 32.6 Å². The molecule has 0 spiro atoms. The van der Waals surface area contributed by atoms with Crippen LogP contribution >= 0.6 is 0 Å². The molecular formula is C15H21NO5. The molecule has 0 aliphatic heterocycles. The molecule has 116 valence electrons. The summed E-state index contributed by atoms with van der Waals surface area (Å²) in [6.45, 7) is 2.83. The number of hydrogen-bond donors (Lipinski definition) is 0. The van der Waals surface area contributed by atoms with E-state index in [9.17, 15) is 14.9 Å². The van der Waals surface area contributed by atoms with Crippen molar-refractivity contribution in [2.24, 2.45) is 0 Å². The third kappa shape index (κ3) is 7.41. The maximum atomic E-state index is 11.4. The Balaban J connectivity index is 2.11. The summed E-state index contributed by atoms with van der Waals surface area (Å²) in [5, 5.41) is 10.5. The van der Waals surface area contributed by atoms with Crippen LogP contribution in [0.4, 0.5) is 5.69 Å². The minimum absolute atomic E-state index is 0.0243. The highest BCUT2D eigenvalue weighted by Gasteiger charge is 2.04. The second-order valence-corrected chi connectivity index (χ2v) is 4.65. The number of carbonyl (C=O) groups is 1. The molecule has 21 heavy (non-hydrogen) atoms. The zero-order valence-corrected chi connectivity index (χ0v) is 12.2. The summed E-state index contributed by atoms with van der Waals surface area (Å²) in [5.41, 5.74) is 0.0243. The molecule has 0 heterocycles. The summed E-state index contributed by atoms with van der Waals surface area (Å²) in [4.78, 5) is 21.4. The summed E-state index contributed by atoms with van der Waals surface area (Å²) in [7, 11) is 0. The Kier molecular flexibility index (Phi) is 8.04. The van der Waals surface area contributed by atoms with Crippen LogP contribution in [0.15, 0.2) is 24.3 Å². The van der Waals surface area contributed by atoms with Gasteiger partial charge in [0, 0.05) is 18.6 Å². The molecule has 0 saturated heterocycles. The number of rotatable bonds is 11. The number of Topliss-reactive ketones (excluding diaryl/α,β-unsaturated/α-hetero) is 1. The molecule has 0 N–H and O–H groups in total. The van der Waals surface area contributed by atoms with Crippen LogP contribution in [0.3, 0.4) is 0 Å². The van der Waals surface area contributed by atoms with Gasteiger partial charge in [-0.3, -0.25) is 14.9 Å². The largest absolute Gasteiger partial charge is 0.491 e. The Morgan fingerprint density at radius 2 is 1.90 bits per heavy atom. The topological polar surface area (TPSA) is 78.7 Å². The van der Waals surface area contributed by atoms with Crippen LogP contribution in [-0.4, -0.2) is 30.5 Å². The van der Waals surface area contributed by atoms with E-state index in [-0.39, 0.29) is 18.1 Å². The lowest BCUT2D eigenvalue weighted by molar-refractivity contribution is -0.384. The predicted octanol–water partition coefficient (Wildman–Crippen LogP) is 3.14. The molecule has 1 rings (SSSR count). The molecule has 0 radical (unpaired) electrons. The van der Waals surface area contributed by atoms with Crippen molar-refractivity contribution in [1.82, 2.24) is 0 Å². The van der Waals surface area contributed by atoms with Gasteiger partial charge in [-0.25, -0.2) is 0 Å². The molecule has 0 aliphatic rings. The number of ether oxygens (including phenoxy) is 2. The molecular weight excluding hydrogens is 274 g/mol. The number of nitrogens with zero attached hydrogens (tertiary/aromatic N) is 1. The normalized spacial score (nSPS) is 10.3. The van der Waals surface area contributed by atoms with E-state index in [1.165, 1.54) is 24.3 Å². The molecule has 1 aromatic carbocycles. The van der Waals surface area contributed by atoms with Crippen LogP contribution in [0.25, 0.3) is 0 Å².